The van der Waals surface area contributed by atoms with Crippen LogP contribution in [0.4, 0.5) is 0 Å². The molecule has 34 nitrogen and oxygen atoms in total. The van der Waals surface area contributed by atoms with Crippen molar-refractivity contribution >= 4 is 59.1 Å². The molecule has 144 heavy (non-hydrogen) atoms. The van der Waals surface area contributed by atoms with Crippen LogP contribution in [0.2, 0.25) is 0 Å². The van der Waals surface area contributed by atoms with Crippen molar-refractivity contribution in [1.82, 2.24) is 98.8 Å². The van der Waals surface area contributed by atoms with Crippen LogP contribution in [0, 0.1) is 13.8 Å². The zero-order valence-corrected chi connectivity index (χ0v) is 88.0. The molecule has 0 bridgehead atoms. The Hall–Kier alpha value is -14.0. The second-order valence-electron chi connectivity index (χ2n) is 34.4. The minimum atomic E-state index is -0.307. The summed E-state index contributed by atoms with van der Waals surface area (Å²) in [6.07, 6.45) is 0. The number of ether oxygens (including phenoxy) is 4. The van der Waals surface area contributed by atoms with Gasteiger partial charge in [0.1, 0.15) is 0 Å². The van der Waals surface area contributed by atoms with Crippen molar-refractivity contribution in [2.45, 2.75) is 205 Å². The fraction of sp³-hybridized carbons (Fsp3) is 0.455. The lowest BCUT2D eigenvalue weighted by Crippen LogP contribution is -2.31. The fourth-order valence-corrected chi connectivity index (χ4v) is 17.2. The minimum absolute atomic E-state index is 0.116. The molecule has 10 aromatic heterocycles. The van der Waals surface area contributed by atoms with Crippen molar-refractivity contribution in [2.75, 3.05) is 131 Å². The predicted molar refractivity (Wildman–Crippen MR) is 553 cm³/mol. The molecule has 0 spiro atoms. The summed E-state index contributed by atoms with van der Waals surface area (Å²) in [4.78, 5) is 211. The van der Waals surface area contributed by atoms with Gasteiger partial charge in [0.05, 0.1) is 155 Å². The van der Waals surface area contributed by atoms with Gasteiger partial charge in [-0.2, -0.15) is 0 Å². The van der Waals surface area contributed by atoms with Crippen LogP contribution in [0.3, 0.4) is 0 Å². The smallest absolute Gasteiger partial charge is 0.253 e. The zero-order valence-electron chi connectivity index (χ0n) is 88.0. The van der Waals surface area contributed by atoms with E-state index in [0.717, 1.165) is 0 Å². The summed E-state index contributed by atoms with van der Waals surface area (Å²) >= 11 is 0. The molecule has 34 heteroatoms. The van der Waals surface area contributed by atoms with E-state index in [1.165, 1.54) is 0 Å². The van der Waals surface area contributed by atoms with Crippen LogP contribution in [0.1, 0.15) is 299 Å². The van der Waals surface area contributed by atoms with E-state index in [-0.39, 0.29) is 179 Å². The maximum Gasteiger partial charge on any atom is 0.253 e. The largest absolute Gasteiger partial charge is 0.369 e. The molecule has 0 aliphatic rings. The molecular formula is C110H142N20O14. The van der Waals surface area contributed by atoms with Crippen LogP contribution in [-0.2, 0) is 71.8 Å². The molecule has 0 radical (unpaired) electrons. The molecule has 0 unspecified atom stereocenters. The average Bonchev–Trinajstić information content (AvgIpc) is 0.811. The monoisotopic (exact) mass is 1970 g/mol. The quantitative estimate of drug-likeness (QED) is 0.0342. The molecule has 0 N–H and O–H groups in total. The number of aromatic nitrogens is 10. The number of hydrogen-bond acceptors (Lipinski definition) is 24. The van der Waals surface area contributed by atoms with E-state index in [1.807, 2.05) is 138 Å². The molecule has 10 amide bonds. The summed E-state index contributed by atoms with van der Waals surface area (Å²) < 4.78 is 26.2. The second-order valence-corrected chi connectivity index (χ2v) is 34.4. The van der Waals surface area contributed by atoms with E-state index < -0.39 is 0 Å². The molecule has 766 valence electrons. The normalized spacial score (nSPS) is 11.2. The van der Waals surface area contributed by atoms with Crippen LogP contribution in [-0.4, -0.2) is 289 Å². The van der Waals surface area contributed by atoms with Crippen LogP contribution < -0.4 is 0 Å². The Balaban J connectivity index is 0.987. The van der Waals surface area contributed by atoms with Gasteiger partial charge in [-0.15, -0.1) is 0 Å². The van der Waals surface area contributed by atoms with E-state index in [1.54, 1.807) is 184 Å². The van der Waals surface area contributed by atoms with Gasteiger partial charge in [0.25, 0.3) is 59.1 Å². The fourth-order valence-electron chi connectivity index (χ4n) is 17.2. The average molecular weight is 1970 g/mol. The van der Waals surface area contributed by atoms with Gasteiger partial charge < -0.3 is 67.9 Å². The highest BCUT2D eigenvalue weighted by atomic mass is 16.5. The summed E-state index contributed by atoms with van der Waals surface area (Å²) in [5.74, 6) is -2.55. The van der Waals surface area contributed by atoms with E-state index >= 15 is 0 Å². The first-order valence-corrected chi connectivity index (χ1v) is 50.7. The number of carbonyl (C=O) groups excluding carboxylic acids is 10. The lowest BCUT2D eigenvalue weighted by atomic mass is 10.1. The highest BCUT2D eigenvalue weighted by Crippen LogP contribution is 2.32. The third-order valence-corrected chi connectivity index (χ3v) is 25.2. The van der Waals surface area contributed by atoms with Gasteiger partial charge in [-0.25, -0.2) is 39.9 Å². The summed E-state index contributed by atoms with van der Waals surface area (Å²) in [6, 6.07) is 33.3. The third kappa shape index (κ3) is 28.3. The minimum Gasteiger partial charge on any atom is -0.369 e. The van der Waals surface area contributed by atoms with Crippen LogP contribution in [0.5, 0.6) is 0 Å². The van der Waals surface area contributed by atoms with Gasteiger partial charge in [0, 0.05) is 198 Å². The van der Waals surface area contributed by atoms with Crippen LogP contribution in [0.15, 0.2) is 121 Å². The van der Waals surface area contributed by atoms with Gasteiger partial charge in [-0.1, -0.05) is 0 Å². The first-order valence-electron chi connectivity index (χ1n) is 50.7. The maximum atomic E-state index is 14.8. The van der Waals surface area contributed by atoms with Crippen molar-refractivity contribution in [1.29, 1.82) is 0 Å². The topological polar surface area (TPSA) is 369 Å². The Bertz CT molecular complexity index is 5820. The van der Waals surface area contributed by atoms with E-state index in [0.29, 0.717) is 233 Å². The van der Waals surface area contributed by atoms with Gasteiger partial charge in [0.2, 0.25) is 0 Å². The number of aryl methyl sites for hydroxylation is 2. The van der Waals surface area contributed by atoms with Crippen molar-refractivity contribution in [2.24, 2.45) is 0 Å². The highest BCUT2D eigenvalue weighted by molar-refractivity contribution is 6.02. The maximum absolute atomic E-state index is 14.8. The molecule has 0 aliphatic heterocycles. The molecule has 10 rings (SSSR count). The Morgan fingerprint density at radius 2 is 0.257 bits per heavy atom. The molecular weight excluding hydrogens is 1830 g/mol. The van der Waals surface area contributed by atoms with Crippen molar-refractivity contribution in [3.63, 3.8) is 0 Å². The van der Waals surface area contributed by atoms with Gasteiger partial charge >= 0.3 is 0 Å². The molecule has 0 atom stereocenters. The molecule has 0 saturated heterocycles. The lowest BCUT2D eigenvalue weighted by molar-refractivity contribution is 0.0761. The van der Waals surface area contributed by atoms with E-state index in [2.05, 4.69) is 0 Å². The first kappa shape index (κ1) is 112. The molecule has 0 saturated carbocycles. The molecule has 0 fully saturated rings. The SMILES string of the molecule is CCN(CC)C(=O)c1cc(C)nc(-c2cc(C(=O)N(CC)CC)cc(COCc3cc(C(=O)N(CC)CC)cc(-c4cc(C(=O)N(CC)CC)cc(COCc5cc(C(=O)N(CC)CC)cc(-c6cc(C(=O)N(CC)CC)cc(COCc7cc(C(=O)N(CC)CC)cc(-c8cc(C(=O)N(CC)CC)cc(COCc9cc(C(=O)N(CC)CC)cc(-c%10cc(C(=O)N(CC)CC)cc(C)n%10)n9)n8)n7)n6)n5)n4)n3)n2)c1. The Morgan fingerprint density at radius 1 is 0.160 bits per heavy atom. The standard InChI is InChI=1S/C110H142N20O14/c1-23-121(24-2)101(131)73-43-71(21)111-91(53-73)93-55-75(103(133)123(27-5)28-6)45-83(113-93)63-141-65-85-47-77(105(135)125(31-9)32-10)57-95(115-85)97-59-79(107(137)127(35-13)36-14)49-87(117-97)67-143-69-89-51-81(109(139)129(39-17)40-18)61-99(119-89)100-62-82(110(140)130(41-19)42-20)52-90(120-100)70-144-68-88-50-80(108(138)128(37-15)38-16)60-98(118-88)96-58-78(106(136)126(33-11)34-12)48-86(116-96)66-142-64-84-46-76(104(134)124(29-7)30-8)56-94(114-84)92-54-74(44-72(22)112-92)102(132)122(25-3)26-4/h43-62H,23-42,63-70H2,1-22H3. The zero-order chi connectivity index (χ0) is 105. The number of pyridine rings is 10. The third-order valence-electron chi connectivity index (χ3n) is 25.2. The van der Waals surface area contributed by atoms with Gasteiger partial charge in [-0.3, -0.25) is 57.9 Å². The molecule has 0 aromatic carbocycles. The summed E-state index contributed by atoms with van der Waals surface area (Å²) in [7, 11) is 0. The Morgan fingerprint density at radius 3 is 0.361 bits per heavy atom. The van der Waals surface area contributed by atoms with Crippen LogP contribution in [0.25, 0.3) is 56.9 Å². The van der Waals surface area contributed by atoms with Gasteiger partial charge in [0.15, 0.2) is 0 Å². The Labute approximate surface area is 847 Å². The van der Waals surface area contributed by atoms with Gasteiger partial charge in [-0.05, 0) is 274 Å². The summed E-state index contributed by atoms with van der Waals surface area (Å²) in [5, 5.41) is 0. The van der Waals surface area contributed by atoms with Crippen molar-refractivity contribution in [3.8, 4) is 56.9 Å². The Kier molecular flexibility index (Phi) is 42.0. The first-order chi connectivity index (χ1) is 69.3. The number of nitrogens with zero attached hydrogens (tertiary/aromatic N) is 20. The summed E-state index contributed by atoms with van der Waals surface area (Å²) in [5.41, 5.74) is 10.0. The number of hydrogen-bond donors (Lipinski definition) is 0. The van der Waals surface area contributed by atoms with E-state index in [9.17, 15) is 47.9 Å². The van der Waals surface area contributed by atoms with Crippen LogP contribution >= 0.6 is 0 Å². The predicted octanol–water partition coefficient (Wildman–Crippen LogP) is 16.3. The second kappa shape index (κ2) is 53.9. The highest BCUT2D eigenvalue weighted by Gasteiger charge is 2.30. The lowest BCUT2D eigenvalue weighted by Gasteiger charge is -2.21. The van der Waals surface area contributed by atoms with E-state index in [4.69, 9.17) is 68.8 Å². The molecule has 10 aromatic rings. The van der Waals surface area contributed by atoms with Crippen molar-refractivity contribution < 1.29 is 66.9 Å². The summed E-state index contributed by atoms with van der Waals surface area (Å²) in [6.45, 7) is 48.6. The number of amides is 10. The number of rotatable bonds is 51. The number of carbonyl (C=O) groups is 10. The van der Waals surface area contributed by atoms with Crippen molar-refractivity contribution in [3.05, 3.63) is 234 Å². The molecule has 0 aliphatic carbocycles. The molecule has 10 heterocycles.